The van der Waals surface area contributed by atoms with Crippen LogP contribution < -0.4 is 10.6 Å². The van der Waals surface area contributed by atoms with Gasteiger partial charge in [-0.3, -0.25) is 4.99 Å². The van der Waals surface area contributed by atoms with E-state index in [1.807, 2.05) is 24.3 Å². The maximum absolute atomic E-state index is 5.29. The molecule has 0 bridgehead atoms. The van der Waals surface area contributed by atoms with Crippen molar-refractivity contribution >= 4 is 45.9 Å². The van der Waals surface area contributed by atoms with Crippen LogP contribution in [0.1, 0.15) is 11.3 Å². The molecule has 1 aromatic heterocycles. The lowest BCUT2D eigenvalue weighted by Crippen LogP contribution is -2.37. The Hall–Kier alpha value is -1.02. The summed E-state index contributed by atoms with van der Waals surface area (Å²) < 4.78 is 6.37. The number of hydrogen-bond acceptors (Lipinski definition) is 2. The molecule has 0 aliphatic heterocycles. The molecule has 0 unspecified atom stereocenters. The van der Waals surface area contributed by atoms with Crippen LogP contribution in [-0.4, -0.2) is 19.6 Å². The number of hydrogen-bond donors (Lipinski definition) is 2. The van der Waals surface area contributed by atoms with Crippen LogP contribution in [0.15, 0.2) is 56.5 Å². The third-order valence-electron chi connectivity index (χ3n) is 2.82. The first kappa shape index (κ1) is 18.0. The van der Waals surface area contributed by atoms with E-state index < -0.39 is 0 Å². The Morgan fingerprint density at radius 2 is 2.10 bits per heavy atom. The average molecular weight is 464 g/mol. The Morgan fingerprint density at radius 1 is 1.24 bits per heavy atom. The molecular formula is C15H19BrIN3O. The van der Waals surface area contributed by atoms with E-state index in [0.717, 1.165) is 35.7 Å². The Morgan fingerprint density at radius 3 is 2.76 bits per heavy atom. The molecule has 4 nitrogen and oxygen atoms in total. The zero-order valence-electron chi connectivity index (χ0n) is 11.8. The zero-order chi connectivity index (χ0) is 14.2. The van der Waals surface area contributed by atoms with Crippen LogP contribution in [0.4, 0.5) is 0 Å². The smallest absolute Gasteiger partial charge is 0.191 e. The molecule has 0 atom stereocenters. The van der Waals surface area contributed by atoms with Gasteiger partial charge >= 0.3 is 0 Å². The molecule has 1 heterocycles. The van der Waals surface area contributed by atoms with Gasteiger partial charge in [-0.05, 0) is 29.8 Å². The molecule has 0 amide bonds. The van der Waals surface area contributed by atoms with Gasteiger partial charge in [-0.1, -0.05) is 28.1 Å². The van der Waals surface area contributed by atoms with E-state index in [9.17, 15) is 0 Å². The Kier molecular flexibility index (Phi) is 8.44. The molecule has 0 aliphatic rings. The molecule has 21 heavy (non-hydrogen) atoms. The van der Waals surface area contributed by atoms with Crippen LogP contribution in [0.2, 0.25) is 0 Å². The second kappa shape index (κ2) is 9.83. The molecule has 0 spiro atoms. The van der Waals surface area contributed by atoms with Crippen molar-refractivity contribution in [2.75, 3.05) is 13.6 Å². The Bertz CT molecular complexity index is 558. The van der Waals surface area contributed by atoms with Gasteiger partial charge in [0.25, 0.3) is 0 Å². The molecule has 0 saturated heterocycles. The summed E-state index contributed by atoms with van der Waals surface area (Å²) in [7, 11) is 1.77. The van der Waals surface area contributed by atoms with Crippen molar-refractivity contribution in [3.05, 3.63) is 58.5 Å². The number of aliphatic imine (C=N–C) groups is 1. The Labute approximate surface area is 150 Å². The predicted molar refractivity (Wildman–Crippen MR) is 100 cm³/mol. The summed E-state index contributed by atoms with van der Waals surface area (Å²) in [6.07, 6.45) is 2.53. The van der Waals surface area contributed by atoms with Crippen molar-refractivity contribution in [1.82, 2.24) is 10.6 Å². The van der Waals surface area contributed by atoms with Gasteiger partial charge in [0.05, 0.1) is 6.26 Å². The van der Waals surface area contributed by atoms with Gasteiger partial charge in [0, 0.05) is 31.0 Å². The standard InChI is InChI=1S/C15H18BrN3O.HI/c1-17-15(18-8-7-14-6-3-9-20-14)19-11-12-4-2-5-13(16)10-12;/h2-6,9-10H,7-8,11H2,1H3,(H2,17,18,19);1H. The monoisotopic (exact) mass is 463 g/mol. The van der Waals surface area contributed by atoms with E-state index in [4.69, 9.17) is 4.42 Å². The van der Waals surface area contributed by atoms with Crippen molar-refractivity contribution in [3.8, 4) is 0 Å². The molecule has 0 radical (unpaired) electrons. The van der Waals surface area contributed by atoms with Crippen molar-refractivity contribution < 1.29 is 4.42 Å². The van der Waals surface area contributed by atoms with Crippen molar-refractivity contribution in [2.45, 2.75) is 13.0 Å². The van der Waals surface area contributed by atoms with E-state index in [-0.39, 0.29) is 24.0 Å². The highest BCUT2D eigenvalue weighted by atomic mass is 127. The topological polar surface area (TPSA) is 49.6 Å². The first-order valence-corrected chi connectivity index (χ1v) is 7.28. The number of nitrogens with one attached hydrogen (secondary N) is 2. The number of furan rings is 1. The van der Waals surface area contributed by atoms with E-state index in [2.05, 4.69) is 43.7 Å². The summed E-state index contributed by atoms with van der Waals surface area (Å²) in [5, 5.41) is 6.54. The predicted octanol–water partition coefficient (Wildman–Crippen LogP) is 3.57. The summed E-state index contributed by atoms with van der Waals surface area (Å²) in [6, 6.07) is 12.1. The van der Waals surface area contributed by atoms with Crippen molar-refractivity contribution in [2.24, 2.45) is 4.99 Å². The molecule has 2 rings (SSSR count). The fraction of sp³-hybridized carbons (Fsp3) is 0.267. The minimum Gasteiger partial charge on any atom is -0.469 e. The van der Waals surface area contributed by atoms with Gasteiger partial charge in [-0.25, -0.2) is 0 Å². The van der Waals surface area contributed by atoms with E-state index in [1.54, 1.807) is 13.3 Å². The summed E-state index contributed by atoms with van der Waals surface area (Å²) in [5.74, 6) is 1.76. The van der Waals surface area contributed by atoms with E-state index in [0.29, 0.717) is 0 Å². The molecule has 0 aliphatic carbocycles. The molecular weight excluding hydrogens is 445 g/mol. The highest BCUT2D eigenvalue weighted by Crippen LogP contribution is 2.11. The third kappa shape index (κ3) is 6.52. The summed E-state index contributed by atoms with van der Waals surface area (Å²) in [5.41, 5.74) is 1.20. The Balaban J connectivity index is 0.00000220. The number of guanidine groups is 1. The van der Waals surface area contributed by atoms with Crippen LogP contribution in [0, 0.1) is 0 Å². The number of benzene rings is 1. The molecule has 0 saturated carbocycles. The highest BCUT2D eigenvalue weighted by molar-refractivity contribution is 14.0. The second-order valence-electron chi connectivity index (χ2n) is 4.31. The van der Waals surface area contributed by atoms with Gasteiger partial charge in [0.15, 0.2) is 5.96 Å². The minimum atomic E-state index is 0. The summed E-state index contributed by atoms with van der Waals surface area (Å²) in [4.78, 5) is 4.20. The van der Waals surface area contributed by atoms with Crippen LogP contribution >= 0.6 is 39.9 Å². The molecule has 2 aromatic rings. The normalized spacial score (nSPS) is 10.9. The van der Waals surface area contributed by atoms with Gasteiger partial charge in [0.1, 0.15) is 5.76 Å². The van der Waals surface area contributed by atoms with Crippen molar-refractivity contribution in [1.29, 1.82) is 0 Å². The zero-order valence-corrected chi connectivity index (χ0v) is 15.7. The quantitative estimate of drug-likeness (QED) is 0.405. The average Bonchev–Trinajstić information content (AvgIpc) is 2.96. The molecule has 114 valence electrons. The molecule has 1 aromatic carbocycles. The van der Waals surface area contributed by atoms with Gasteiger partial charge in [-0.2, -0.15) is 0 Å². The van der Waals surface area contributed by atoms with Crippen LogP contribution in [0.3, 0.4) is 0 Å². The van der Waals surface area contributed by atoms with Gasteiger partial charge in [0.2, 0.25) is 0 Å². The maximum atomic E-state index is 5.29. The third-order valence-corrected chi connectivity index (χ3v) is 3.31. The van der Waals surface area contributed by atoms with E-state index >= 15 is 0 Å². The van der Waals surface area contributed by atoms with Crippen LogP contribution in [0.5, 0.6) is 0 Å². The lowest BCUT2D eigenvalue weighted by atomic mass is 10.2. The number of nitrogens with zero attached hydrogens (tertiary/aromatic N) is 1. The van der Waals surface area contributed by atoms with Crippen molar-refractivity contribution in [3.63, 3.8) is 0 Å². The first-order valence-electron chi connectivity index (χ1n) is 6.49. The lowest BCUT2D eigenvalue weighted by Gasteiger charge is -2.11. The number of halogens is 2. The summed E-state index contributed by atoms with van der Waals surface area (Å²) >= 11 is 3.47. The molecule has 2 N–H and O–H groups in total. The largest absolute Gasteiger partial charge is 0.469 e. The molecule has 0 fully saturated rings. The summed E-state index contributed by atoms with van der Waals surface area (Å²) in [6.45, 7) is 1.52. The van der Waals surface area contributed by atoms with E-state index in [1.165, 1.54) is 5.56 Å². The second-order valence-corrected chi connectivity index (χ2v) is 5.23. The van der Waals surface area contributed by atoms with Gasteiger partial charge < -0.3 is 15.1 Å². The SMILES string of the molecule is CN=C(NCCc1ccco1)NCc1cccc(Br)c1.I. The minimum absolute atomic E-state index is 0. The fourth-order valence-corrected chi connectivity index (χ4v) is 2.26. The highest BCUT2D eigenvalue weighted by Gasteiger charge is 2.00. The lowest BCUT2D eigenvalue weighted by molar-refractivity contribution is 0.507. The van der Waals surface area contributed by atoms with Gasteiger partial charge in [-0.15, -0.1) is 24.0 Å². The first-order chi connectivity index (χ1) is 9.78. The van der Waals surface area contributed by atoms with Crippen LogP contribution in [0.25, 0.3) is 0 Å². The molecule has 6 heteroatoms. The fourth-order valence-electron chi connectivity index (χ4n) is 1.81. The maximum Gasteiger partial charge on any atom is 0.191 e. The number of rotatable bonds is 5. The van der Waals surface area contributed by atoms with Crippen LogP contribution in [-0.2, 0) is 13.0 Å².